The largest absolute Gasteiger partial charge is 0.316 e. The lowest BCUT2D eigenvalue weighted by Gasteiger charge is -2.26. The van der Waals surface area contributed by atoms with Crippen LogP contribution in [0.25, 0.3) is 0 Å². The van der Waals surface area contributed by atoms with Crippen LogP contribution in [0, 0.1) is 12.8 Å². The third-order valence-electron chi connectivity index (χ3n) is 2.34. The molecule has 0 bridgehead atoms. The molecule has 1 aliphatic rings. The molecule has 0 amide bonds. The Bertz CT molecular complexity index is 281. The number of thioether (sulfide) groups is 1. The highest BCUT2D eigenvalue weighted by molar-refractivity contribution is 7.99. The van der Waals surface area contributed by atoms with E-state index in [2.05, 4.69) is 36.5 Å². The molecule has 1 saturated heterocycles. The summed E-state index contributed by atoms with van der Waals surface area (Å²) in [5.74, 6) is 2.15. The van der Waals surface area contributed by atoms with E-state index >= 15 is 0 Å². The number of aryl methyl sites for hydroxylation is 1. The van der Waals surface area contributed by atoms with Gasteiger partial charge in [0.2, 0.25) is 0 Å². The minimum absolute atomic E-state index is 0.894. The zero-order chi connectivity index (χ0) is 9.10. The van der Waals surface area contributed by atoms with Gasteiger partial charge in [-0.25, -0.2) is 0 Å². The summed E-state index contributed by atoms with van der Waals surface area (Å²) in [6, 6.07) is 8.74. The molecule has 0 aliphatic carbocycles. The van der Waals surface area contributed by atoms with E-state index in [0.717, 1.165) is 5.92 Å². The molecule has 0 aromatic heterocycles. The number of benzene rings is 1. The lowest BCUT2D eigenvalue weighted by atomic mass is 10.1. The van der Waals surface area contributed by atoms with E-state index in [1.807, 2.05) is 11.8 Å². The summed E-state index contributed by atoms with van der Waals surface area (Å²) < 4.78 is 0. The maximum Gasteiger partial charge on any atom is 0.00746 e. The smallest absolute Gasteiger partial charge is 0.00746 e. The van der Waals surface area contributed by atoms with Crippen molar-refractivity contribution >= 4 is 11.8 Å². The number of rotatable bonds is 3. The van der Waals surface area contributed by atoms with Crippen LogP contribution in [-0.4, -0.2) is 18.8 Å². The minimum atomic E-state index is 0.894. The zero-order valence-electron chi connectivity index (χ0n) is 7.92. The maximum atomic E-state index is 3.30. The van der Waals surface area contributed by atoms with E-state index in [1.165, 1.54) is 29.3 Å². The van der Waals surface area contributed by atoms with Crippen molar-refractivity contribution in [3.8, 4) is 0 Å². The predicted molar refractivity (Wildman–Crippen MR) is 58.3 cm³/mol. The summed E-state index contributed by atoms with van der Waals surface area (Å²) in [6.07, 6.45) is 0. The molecule has 1 N–H and O–H groups in total. The summed E-state index contributed by atoms with van der Waals surface area (Å²) in [6.45, 7) is 4.56. The first kappa shape index (κ1) is 9.10. The van der Waals surface area contributed by atoms with Crippen LogP contribution in [0.5, 0.6) is 0 Å². The van der Waals surface area contributed by atoms with Crippen molar-refractivity contribution in [2.45, 2.75) is 11.8 Å². The summed E-state index contributed by atoms with van der Waals surface area (Å²) in [4.78, 5) is 1.41. The molecule has 13 heavy (non-hydrogen) atoms. The molecular formula is C11H15NS. The number of hydrogen-bond donors (Lipinski definition) is 1. The fraction of sp³-hybridized carbons (Fsp3) is 0.455. The van der Waals surface area contributed by atoms with E-state index in [-0.39, 0.29) is 0 Å². The van der Waals surface area contributed by atoms with Crippen LogP contribution < -0.4 is 5.32 Å². The predicted octanol–water partition coefficient (Wildman–Crippen LogP) is 2.31. The lowest BCUT2D eigenvalue weighted by Crippen LogP contribution is -2.43. The van der Waals surface area contributed by atoms with Gasteiger partial charge in [0.15, 0.2) is 0 Å². The molecule has 0 saturated carbocycles. The van der Waals surface area contributed by atoms with Crippen LogP contribution in [0.4, 0.5) is 0 Å². The first-order valence-electron chi connectivity index (χ1n) is 4.75. The Morgan fingerprint density at radius 2 is 2.31 bits per heavy atom. The Morgan fingerprint density at radius 1 is 1.46 bits per heavy atom. The van der Waals surface area contributed by atoms with E-state index in [1.54, 1.807) is 0 Å². The van der Waals surface area contributed by atoms with E-state index in [4.69, 9.17) is 0 Å². The monoisotopic (exact) mass is 193 g/mol. The second kappa shape index (κ2) is 4.16. The molecular weight excluding hydrogens is 178 g/mol. The highest BCUT2D eigenvalue weighted by atomic mass is 32.2. The summed E-state index contributed by atoms with van der Waals surface area (Å²) in [7, 11) is 0. The Hall–Kier alpha value is -0.470. The summed E-state index contributed by atoms with van der Waals surface area (Å²) in [5, 5.41) is 3.30. The van der Waals surface area contributed by atoms with Crippen molar-refractivity contribution in [3.05, 3.63) is 29.8 Å². The summed E-state index contributed by atoms with van der Waals surface area (Å²) in [5.41, 5.74) is 1.36. The second-order valence-corrected chi connectivity index (χ2v) is 4.75. The third kappa shape index (κ3) is 2.48. The van der Waals surface area contributed by atoms with Crippen molar-refractivity contribution in [2.24, 2.45) is 5.92 Å². The van der Waals surface area contributed by atoms with Crippen LogP contribution in [-0.2, 0) is 0 Å². The van der Waals surface area contributed by atoms with Gasteiger partial charge in [-0.1, -0.05) is 17.7 Å². The van der Waals surface area contributed by atoms with Crippen molar-refractivity contribution in [2.75, 3.05) is 18.8 Å². The first-order valence-corrected chi connectivity index (χ1v) is 5.73. The van der Waals surface area contributed by atoms with E-state index in [0.29, 0.717) is 0 Å². The second-order valence-electron chi connectivity index (χ2n) is 3.65. The Balaban J connectivity index is 1.86. The minimum Gasteiger partial charge on any atom is -0.316 e. The fourth-order valence-corrected chi connectivity index (χ4v) is 2.49. The third-order valence-corrected chi connectivity index (χ3v) is 3.57. The molecule has 1 aromatic carbocycles. The summed E-state index contributed by atoms with van der Waals surface area (Å²) >= 11 is 1.98. The Morgan fingerprint density at radius 3 is 2.92 bits per heavy atom. The molecule has 70 valence electrons. The molecule has 0 unspecified atom stereocenters. The normalized spacial score (nSPS) is 17.0. The molecule has 0 atom stereocenters. The van der Waals surface area contributed by atoms with Crippen molar-refractivity contribution in [1.29, 1.82) is 0 Å². The van der Waals surface area contributed by atoms with Crippen LogP contribution in [0.3, 0.4) is 0 Å². The molecule has 1 fully saturated rings. The maximum absolute atomic E-state index is 3.30. The average Bonchev–Trinajstić information content (AvgIpc) is 2.01. The Kier molecular flexibility index (Phi) is 2.91. The van der Waals surface area contributed by atoms with Gasteiger partial charge in [-0.15, -0.1) is 11.8 Å². The van der Waals surface area contributed by atoms with Gasteiger partial charge >= 0.3 is 0 Å². The van der Waals surface area contributed by atoms with Gasteiger partial charge in [0.05, 0.1) is 0 Å². The van der Waals surface area contributed by atoms with E-state index < -0.39 is 0 Å². The SMILES string of the molecule is Cc1cccc(SCC2CNC2)c1. The molecule has 2 rings (SSSR count). The van der Waals surface area contributed by atoms with Crippen molar-refractivity contribution in [3.63, 3.8) is 0 Å². The highest BCUT2D eigenvalue weighted by Crippen LogP contribution is 2.22. The standard InChI is InChI=1S/C11H15NS/c1-9-3-2-4-11(5-9)13-8-10-6-12-7-10/h2-5,10,12H,6-8H2,1H3. The van der Waals surface area contributed by atoms with Crippen LogP contribution in [0.2, 0.25) is 0 Å². The highest BCUT2D eigenvalue weighted by Gasteiger charge is 2.16. The molecule has 0 radical (unpaired) electrons. The van der Waals surface area contributed by atoms with Gasteiger partial charge in [-0.05, 0) is 38.1 Å². The van der Waals surface area contributed by atoms with Gasteiger partial charge in [0.25, 0.3) is 0 Å². The first-order chi connectivity index (χ1) is 6.34. The fourth-order valence-electron chi connectivity index (χ4n) is 1.39. The van der Waals surface area contributed by atoms with Gasteiger partial charge in [0, 0.05) is 10.6 Å². The van der Waals surface area contributed by atoms with Crippen LogP contribution in [0.1, 0.15) is 5.56 Å². The van der Waals surface area contributed by atoms with Crippen molar-refractivity contribution < 1.29 is 0 Å². The molecule has 0 spiro atoms. The molecule has 1 heterocycles. The molecule has 1 aromatic rings. The average molecular weight is 193 g/mol. The number of hydrogen-bond acceptors (Lipinski definition) is 2. The molecule has 1 nitrogen and oxygen atoms in total. The topological polar surface area (TPSA) is 12.0 Å². The molecule has 2 heteroatoms. The van der Waals surface area contributed by atoms with Crippen LogP contribution in [0.15, 0.2) is 29.2 Å². The zero-order valence-corrected chi connectivity index (χ0v) is 8.73. The Labute approximate surface area is 83.9 Å². The number of nitrogens with one attached hydrogen (secondary N) is 1. The van der Waals surface area contributed by atoms with Crippen LogP contribution >= 0.6 is 11.8 Å². The van der Waals surface area contributed by atoms with Gasteiger partial charge in [0.1, 0.15) is 0 Å². The molecule has 1 aliphatic heterocycles. The van der Waals surface area contributed by atoms with E-state index in [9.17, 15) is 0 Å². The van der Waals surface area contributed by atoms with Gasteiger partial charge in [-0.3, -0.25) is 0 Å². The van der Waals surface area contributed by atoms with Crippen molar-refractivity contribution in [1.82, 2.24) is 5.32 Å². The lowest BCUT2D eigenvalue weighted by molar-refractivity contribution is 0.385. The van der Waals surface area contributed by atoms with Gasteiger partial charge in [-0.2, -0.15) is 0 Å². The van der Waals surface area contributed by atoms with Gasteiger partial charge < -0.3 is 5.32 Å². The quantitative estimate of drug-likeness (QED) is 0.739.